The summed E-state index contributed by atoms with van der Waals surface area (Å²) in [6, 6.07) is 4.44. The number of hydrogen-bond acceptors (Lipinski definition) is 4. The predicted octanol–water partition coefficient (Wildman–Crippen LogP) is 1.98. The van der Waals surface area contributed by atoms with Crippen LogP contribution in [-0.2, 0) is 14.8 Å². The van der Waals surface area contributed by atoms with Gasteiger partial charge in [-0.15, -0.1) is 0 Å². The van der Waals surface area contributed by atoms with E-state index in [9.17, 15) is 8.42 Å². The average Bonchev–Trinajstić information content (AvgIpc) is 2.31. The Morgan fingerprint density at radius 3 is 2.58 bits per heavy atom. The molecule has 1 aromatic carbocycles. The van der Waals surface area contributed by atoms with Gasteiger partial charge in [0.1, 0.15) is 4.90 Å². The maximum atomic E-state index is 12.3. The monoisotopic (exact) mass is 350 g/mol. The zero-order valence-corrected chi connectivity index (χ0v) is 13.6. The number of halogens is 1. The van der Waals surface area contributed by atoms with Crippen LogP contribution in [0.5, 0.6) is 0 Å². The Labute approximate surface area is 122 Å². The van der Waals surface area contributed by atoms with E-state index in [2.05, 4.69) is 20.7 Å². The third-order valence-corrected chi connectivity index (χ3v) is 4.76. The third kappa shape index (κ3) is 4.45. The molecule has 3 N–H and O–H groups in total. The molecule has 0 amide bonds. The molecule has 0 heterocycles. The topological polar surface area (TPSA) is 81.4 Å². The van der Waals surface area contributed by atoms with Crippen LogP contribution in [-0.4, -0.2) is 28.2 Å². The number of nitrogens with two attached hydrogens (primary N) is 1. The number of nitrogen functional groups attached to an aromatic ring is 1. The first-order valence-electron chi connectivity index (χ1n) is 5.84. The average molecular weight is 351 g/mol. The molecule has 0 aliphatic carbocycles. The molecule has 0 bridgehead atoms. The molecule has 0 radical (unpaired) electrons. The SMILES string of the molecule is COCC(NS(=O)(=O)c1cc(Br)ccc1N)C(C)C. The Balaban J connectivity index is 3.06. The summed E-state index contributed by atoms with van der Waals surface area (Å²) < 4.78 is 33.0. The highest BCUT2D eigenvalue weighted by atomic mass is 79.9. The molecule has 1 unspecified atom stereocenters. The molecule has 0 fully saturated rings. The molecule has 0 saturated heterocycles. The number of anilines is 1. The van der Waals surface area contributed by atoms with E-state index in [1.807, 2.05) is 13.8 Å². The molecule has 5 nitrogen and oxygen atoms in total. The summed E-state index contributed by atoms with van der Waals surface area (Å²) in [4.78, 5) is 0.0728. The molecule has 19 heavy (non-hydrogen) atoms. The van der Waals surface area contributed by atoms with Gasteiger partial charge >= 0.3 is 0 Å². The van der Waals surface area contributed by atoms with Crippen molar-refractivity contribution in [3.8, 4) is 0 Å². The normalized spacial score (nSPS) is 13.7. The molecular formula is C12H19BrN2O3S. The van der Waals surface area contributed by atoms with Gasteiger partial charge in [-0.2, -0.15) is 0 Å². The van der Waals surface area contributed by atoms with Crippen LogP contribution in [0, 0.1) is 5.92 Å². The van der Waals surface area contributed by atoms with Gasteiger partial charge < -0.3 is 10.5 Å². The molecule has 108 valence electrons. The zero-order chi connectivity index (χ0) is 14.6. The Hall–Kier alpha value is -0.630. The molecular weight excluding hydrogens is 332 g/mol. The summed E-state index contributed by atoms with van der Waals surface area (Å²) in [7, 11) is -2.13. The minimum absolute atomic E-state index is 0.0728. The van der Waals surface area contributed by atoms with Crippen LogP contribution in [0.15, 0.2) is 27.6 Å². The van der Waals surface area contributed by atoms with Gasteiger partial charge in [-0.3, -0.25) is 0 Å². The van der Waals surface area contributed by atoms with Crippen LogP contribution in [0.2, 0.25) is 0 Å². The largest absolute Gasteiger partial charge is 0.398 e. The van der Waals surface area contributed by atoms with E-state index < -0.39 is 10.0 Å². The molecule has 0 aliphatic rings. The number of ether oxygens (including phenoxy) is 1. The van der Waals surface area contributed by atoms with Crippen LogP contribution in [0.3, 0.4) is 0 Å². The molecule has 1 rings (SSSR count). The van der Waals surface area contributed by atoms with E-state index in [0.29, 0.717) is 11.1 Å². The van der Waals surface area contributed by atoms with Crippen molar-refractivity contribution in [2.24, 2.45) is 5.92 Å². The second-order valence-corrected chi connectivity index (χ2v) is 7.21. The van der Waals surface area contributed by atoms with Gasteiger partial charge in [0.25, 0.3) is 0 Å². The van der Waals surface area contributed by atoms with Crippen molar-refractivity contribution >= 4 is 31.6 Å². The lowest BCUT2D eigenvalue weighted by Crippen LogP contribution is -2.41. The number of rotatable bonds is 6. The van der Waals surface area contributed by atoms with E-state index in [4.69, 9.17) is 10.5 Å². The standard InChI is InChI=1S/C12H19BrN2O3S/c1-8(2)11(7-18-3)15-19(16,17)12-6-9(13)4-5-10(12)14/h4-6,8,11,15H,7,14H2,1-3H3. The van der Waals surface area contributed by atoms with Crippen LogP contribution < -0.4 is 10.5 Å². The van der Waals surface area contributed by atoms with Crippen LogP contribution in [0.4, 0.5) is 5.69 Å². The fraction of sp³-hybridized carbons (Fsp3) is 0.500. The van der Waals surface area contributed by atoms with Crippen molar-refractivity contribution in [3.05, 3.63) is 22.7 Å². The van der Waals surface area contributed by atoms with Gasteiger partial charge in [-0.05, 0) is 24.1 Å². The Morgan fingerprint density at radius 1 is 1.42 bits per heavy atom. The first-order valence-corrected chi connectivity index (χ1v) is 8.12. The molecule has 0 saturated carbocycles. The van der Waals surface area contributed by atoms with E-state index >= 15 is 0 Å². The molecule has 0 spiro atoms. The lowest BCUT2D eigenvalue weighted by atomic mass is 10.1. The molecule has 0 aliphatic heterocycles. The number of sulfonamides is 1. The van der Waals surface area contributed by atoms with Gasteiger partial charge in [0.2, 0.25) is 10.0 Å². The fourth-order valence-electron chi connectivity index (χ4n) is 1.55. The smallest absolute Gasteiger partial charge is 0.242 e. The van der Waals surface area contributed by atoms with E-state index in [1.165, 1.54) is 13.2 Å². The Kier molecular flexibility index (Phi) is 5.79. The highest BCUT2D eigenvalue weighted by molar-refractivity contribution is 9.10. The second-order valence-electron chi connectivity index (χ2n) is 4.61. The van der Waals surface area contributed by atoms with Crippen LogP contribution in [0.1, 0.15) is 13.8 Å². The number of hydrogen-bond donors (Lipinski definition) is 2. The van der Waals surface area contributed by atoms with E-state index in [0.717, 1.165) is 0 Å². The van der Waals surface area contributed by atoms with Crippen LogP contribution >= 0.6 is 15.9 Å². The zero-order valence-electron chi connectivity index (χ0n) is 11.2. The number of methoxy groups -OCH3 is 1. The maximum absolute atomic E-state index is 12.3. The van der Waals surface area contributed by atoms with Crippen molar-refractivity contribution in [2.45, 2.75) is 24.8 Å². The highest BCUT2D eigenvalue weighted by Gasteiger charge is 2.24. The fourth-order valence-corrected chi connectivity index (χ4v) is 3.58. The first kappa shape index (κ1) is 16.4. The number of benzene rings is 1. The quantitative estimate of drug-likeness (QED) is 0.768. The highest BCUT2D eigenvalue weighted by Crippen LogP contribution is 2.23. The van der Waals surface area contributed by atoms with Crippen molar-refractivity contribution in [3.63, 3.8) is 0 Å². The summed E-state index contributed by atoms with van der Waals surface area (Å²) in [5, 5.41) is 0. The Bertz CT molecular complexity index is 532. The first-order chi connectivity index (χ1) is 8.77. The van der Waals surface area contributed by atoms with Gasteiger partial charge in [0.05, 0.1) is 12.3 Å². The second kappa shape index (κ2) is 6.69. The van der Waals surface area contributed by atoms with Crippen molar-refractivity contribution in [2.75, 3.05) is 19.5 Å². The molecule has 0 aromatic heterocycles. The lowest BCUT2D eigenvalue weighted by Gasteiger charge is -2.21. The molecule has 1 aromatic rings. The number of nitrogens with one attached hydrogen (secondary N) is 1. The van der Waals surface area contributed by atoms with Gasteiger partial charge in [0, 0.05) is 17.6 Å². The predicted molar refractivity (Wildman–Crippen MR) is 79.4 cm³/mol. The minimum Gasteiger partial charge on any atom is -0.398 e. The summed E-state index contributed by atoms with van der Waals surface area (Å²) in [5.74, 6) is 0.114. The Morgan fingerprint density at radius 2 is 2.05 bits per heavy atom. The molecule has 1 atom stereocenters. The van der Waals surface area contributed by atoms with Gasteiger partial charge in [-0.1, -0.05) is 29.8 Å². The van der Waals surface area contributed by atoms with E-state index in [1.54, 1.807) is 12.1 Å². The minimum atomic E-state index is -3.66. The van der Waals surface area contributed by atoms with Crippen molar-refractivity contribution in [1.82, 2.24) is 4.72 Å². The molecule has 7 heteroatoms. The van der Waals surface area contributed by atoms with Gasteiger partial charge in [0.15, 0.2) is 0 Å². The third-order valence-electron chi connectivity index (χ3n) is 2.72. The van der Waals surface area contributed by atoms with E-state index in [-0.39, 0.29) is 22.5 Å². The van der Waals surface area contributed by atoms with Crippen LogP contribution in [0.25, 0.3) is 0 Å². The van der Waals surface area contributed by atoms with Gasteiger partial charge in [-0.25, -0.2) is 13.1 Å². The summed E-state index contributed by atoms with van der Waals surface area (Å²) in [6.45, 7) is 4.16. The summed E-state index contributed by atoms with van der Waals surface area (Å²) in [5.41, 5.74) is 5.95. The summed E-state index contributed by atoms with van der Waals surface area (Å²) >= 11 is 3.24. The van der Waals surface area contributed by atoms with Crippen molar-refractivity contribution in [1.29, 1.82) is 0 Å². The van der Waals surface area contributed by atoms with Crippen molar-refractivity contribution < 1.29 is 13.2 Å². The maximum Gasteiger partial charge on any atom is 0.242 e. The lowest BCUT2D eigenvalue weighted by molar-refractivity contribution is 0.157. The summed E-state index contributed by atoms with van der Waals surface area (Å²) in [6.07, 6.45) is 0.